The highest BCUT2D eigenvalue weighted by Crippen LogP contribution is 2.41. The van der Waals surface area contributed by atoms with E-state index in [0.29, 0.717) is 17.5 Å². The molecule has 224 valence electrons. The second kappa shape index (κ2) is 11.6. The van der Waals surface area contributed by atoms with Crippen LogP contribution in [0.15, 0.2) is 164 Å². The second-order valence-corrected chi connectivity index (χ2v) is 11.7. The molecule has 0 atom stereocenters. The van der Waals surface area contributed by atoms with Crippen molar-refractivity contribution in [2.24, 2.45) is 0 Å². The first-order valence-electron chi connectivity index (χ1n) is 15.9. The third-order valence-corrected chi connectivity index (χ3v) is 8.79. The summed E-state index contributed by atoms with van der Waals surface area (Å²) in [5.74, 6) is 1.90. The molecule has 6 aromatic carbocycles. The van der Waals surface area contributed by atoms with Crippen LogP contribution in [0.25, 0.3) is 89.0 Å². The minimum absolute atomic E-state index is 0.621. The van der Waals surface area contributed by atoms with Crippen LogP contribution >= 0.6 is 0 Å². The zero-order valence-corrected chi connectivity index (χ0v) is 25.8. The van der Waals surface area contributed by atoms with Gasteiger partial charge in [-0.25, -0.2) is 19.9 Å². The van der Waals surface area contributed by atoms with Crippen LogP contribution in [0.3, 0.4) is 0 Å². The van der Waals surface area contributed by atoms with E-state index in [4.69, 9.17) is 19.9 Å². The molecular formula is C43H27N5. The molecule has 5 heteroatoms. The molecule has 3 aromatic heterocycles. The highest BCUT2D eigenvalue weighted by atomic mass is 15.0. The number of benzene rings is 6. The van der Waals surface area contributed by atoms with Gasteiger partial charge in [-0.2, -0.15) is 0 Å². The summed E-state index contributed by atoms with van der Waals surface area (Å²) in [6.07, 6.45) is 3.74. The van der Waals surface area contributed by atoms with Crippen LogP contribution < -0.4 is 0 Å². The molecule has 0 saturated carbocycles. The minimum atomic E-state index is 0.621. The van der Waals surface area contributed by atoms with Gasteiger partial charge in [0.1, 0.15) is 0 Å². The Morgan fingerprint density at radius 3 is 1.50 bits per heavy atom. The molecule has 48 heavy (non-hydrogen) atoms. The average Bonchev–Trinajstić information content (AvgIpc) is 3.18. The maximum absolute atomic E-state index is 5.27. The van der Waals surface area contributed by atoms with Gasteiger partial charge in [-0.05, 0) is 34.5 Å². The monoisotopic (exact) mass is 613 g/mol. The molecule has 0 amide bonds. The van der Waals surface area contributed by atoms with E-state index in [9.17, 15) is 0 Å². The van der Waals surface area contributed by atoms with E-state index in [1.165, 1.54) is 16.2 Å². The summed E-state index contributed by atoms with van der Waals surface area (Å²) < 4.78 is 0. The Hall–Kier alpha value is -6.59. The van der Waals surface area contributed by atoms with Gasteiger partial charge >= 0.3 is 0 Å². The van der Waals surface area contributed by atoms with Crippen molar-refractivity contribution >= 4 is 32.4 Å². The minimum Gasteiger partial charge on any atom is -0.264 e. The molecule has 0 saturated heterocycles. The highest BCUT2D eigenvalue weighted by Gasteiger charge is 2.17. The van der Waals surface area contributed by atoms with Crippen molar-refractivity contribution in [2.75, 3.05) is 0 Å². The first kappa shape index (κ1) is 27.7. The lowest BCUT2D eigenvalue weighted by atomic mass is 9.90. The van der Waals surface area contributed by atoms with Crippen LogP contribution in [0.1, 0.15) is 0 Å². The Bertz CT molecular complexity index is 2530. The standard InChI is InChI=1S/C43H27N5/c1-3-12-29(13-4-1)41-46-42(30-14-5-2-6-15-30)48-43(47-41)31-23-21-28(22-24-31)40-37-26-36(32-16-11-25-44-27-32)33-17-7-8-18-34(33)39(37)35-19-9-10-20-38(35)45-40/h1-27H. The van der Waals surface area contributed by atoms with E-state index in [1.807, 2.05) is 79.1 Å². The summed E-state index contributed by atoms with van der Waals surface area (Å²) in [5.41, 5.74) is 7.90. The molecule has 0 N–H and O–H groups in total. The summed E-state index contributed by atoms with van der Waals surface area (Å²) in [5, 5.41) is 5.80. The molecule has 0 aliphatic carbocycles. The van der Waals surface area contributed by atoms with Gasteiger partial charge in [0.25, 0.3) is 0 Å². The number of rotatable bonds is 5. The molecule has 0 unspecified atom stereocenters. The zero-order valence-electron chi connectivity index (χ0n) is 25.8. The Morgan fingerprint density at radius 1 is 0.354 bits per heavy atom. The van der Waals surface area contributed by atoms with Gasteiger partial charge in [-0.15, -0.1) is 0 Å². The van der Waals surface area contributed by atoms with Crippen LogP contribution in [0.4, 0.5) is 0 Å². The van der Waals surface area contributed by atoms with E-state index >= 15 is 0 Å². The maximum Gasteiger partial charge on any atom is 0.164 e. The number of para-hydroxylation sites is 1. The van der Waals surface area contributed by atoms with E-state index in [0.717, 1.165) is 55.4 Å². The Kier molecular flexibility index (Phi) is 6.72. The lowest BCUT2D eigenvalue weighted by Gasteiger charge is -2.16. The van der Waals surface area contributed by atoms with Crippen molar-refractivity contribution in [1.29, 1.82) is 0 Å². The summed E-state index contributed by atoms with van der Waals surface area (Å²) in [4.78, 5) is 24.4. The fourth-order valence-corrected chi connectivity index (χ4v) is 6.51. The lowest BCUT2D eigenvalue weighted by Crippen LogP contribution is -2.00. The van der Waals surface area contributed by atoms with Gasteiger partial charge in [0.15, 0.2) is 17.5 Å². The SMILES string of the molecule is c1ccc(-c2nc(-c3ccccc3)nc(-c3ccc(-c4nc5ccccc5c5c4cc(-c4cccnc4)c4ccccc45)cc3)n2)cc1. The van der Waals surface area contributed by atoms with E-state index in [2.05, 4.69) is 89.9 Å². The van der Waals surface area contributed by atoms with Crippen LogP contribution in [0.2, 0.25) is 0 Å². The molecule has 9 rings (SSSR count). The molecule has 0 bridgehead atoms. The van der Waals surface area contributed by atoms with E-state index in [-0.39, 0.29) is 0 Å². The van der Waals surface area contributed by atoms with Gasteiger partial charge in [0.2, 0.25) is 0 Å². The van der Waals surface area contributed by atoms with Crippen LogP contribution in [-0.2, 0) is 0 Å². The van der Waals surface area contributed by atoms with Crippen molar-refractivity contribution < 1.29 is 0 Å². The fourth-order valence-electron chi connectivity index (χ4n) is 6.51. The van der Waals surface area contributed by atoms with Crippen molar-refractivity contribution in [3.05, 3.63) is 164 Å². The second-order valence-electron chi connectivity index (χ2n) is 11.7. The van der Waals surface area contributed by atoms with Gasteiger partial charge in [-0.3, -0.25) is 4.98 Å². The highest BCUT2D eigenvalue weighted by molar-refractivity contribution is 6.25. The molecule has 0 spiro atoms. The molecule has 0 radical (unpaired) electrons. The Labute approximate surface area is 277 Å². The lowest BCUT2D eigenvalue weighted by molar-refractivity contribution is 1.07. The quantitative estimate of drug-likeness (QED) is 0.181. The predicted octanol–water partition coefficient (Wildman–Crippen LogP) is 10.5. The van der Waals surface area contributed by atoms with Gasteiger partial charge < -0.3 is 0 Å². The van der Waals surface area contributed by atoms with Gasteiger partial charge in [0.05, 0.1) is 11.2 Å². The fraction of sp³-hybridized carbons (Fsp3) is 0. The molecule has 0 aliphatic heterocycles. The van der Waals surface area contributed by atoms with Gasteiger partial charge in [-0.1, -0.05) is 133 Å². The first-order valence-corrected chi connectivity index (χ1v) is 15.9. The molecule has 3 heterocycles. The van der Waals surface area contributed by atoms with Crippen molar-refractivity contribution in [2.45, 2.75) is 0 Å². The summed E-state index contributed by atoms with van der Waals surface area (Å²) >= 11 is 0. The number of hydrogen-bond donors (Lipinski definition) is 0. The number of fused-ring (bicyclic) bond motifs is 5. The maximum atomic E-state index is 5.27. The predicted molar refractivity (Wildman–Crippen MR) is 195 cm³/mol. The third-order valence-electron chi connectivity index (χ3n) is 8.79. The Morgan fingerprint density at radius 2 is 0.875 bits per heavy atom. The smallest absolute Gasteiger partial charge is 0.164 e. The van der Waals surface area contributed by atoms with Crippen LogP contribution in [0.5, 0.6) is 0 Å². The molecule has 0 fully saturated rings. The van der Waals surface area contributed by atoms with Crippen LogP contribution in [0, 0.1) is 0 Å². The number of hydrogen-bond acceptors (Lipinski definition) is 5. The van der Waals surface area contributed by atoms with E-state index < -0.39 is 0 Å². The topological polar surface area (TPSA) is 64.5 Å². The summed E-state index contributed by atoms with van der Waals surface area (Å²) in [7, 11) is 0. The van der Waals surface area contributed by atoms with Gasteiger partial charge in [0, 0.05) is 56.4 Å². The normalized spacial score (nSPS) is 11.3. The van der Waals surface area contributed by atoms with Crippen molar-refractivity contribution in [1.82, 2.24) is 24.9 Å². The van der Waals surface area contributed by atoms with Crippen molar-refractivity contribution in [3.63, 3.8) is 0 Å². The molecule has 9 aromatic rings. The van der Waals surface area contributed by atoms with Crippen molar-refractivity contribution in [3.8, 4) is 56.5 Å². The zero-order chi connectivity index (χ0) is 31.9. The molecule has 5 nitrogen and oxygen atoms in total. The number of nitrogens with zero attached hydrogens (tertiary/aromatic N) is 5. The third kappa shape index (κ3) is 4.86. The Balaban J connectivity index is 1.24. The number of aromatic nitrogens is 5. The largest absolute Gasteiger partial charge is 0.264 e. The first-order chi connectivity index (χ1) is 23.8. The number of pyridine rings is 2. The average molecular weight is 614 g/mol. The summed E-state index contributed by atoms with van der Waals surface area (Å²) in [6.45, 7) is 0. The molecule has 0 aliphatic rings. The molecular weight excluding hydrogens is 587 g/mol. The van der Waals surface area contributed by atoms with Crippen LogP contribution in [-0.4, -0.2) is 24.9 Å². The van der Waals surface area contributed by atoms with E-state index in [1.54, 1.807) is 0 Å². The summed E-state index contributed by atoms with van der Waals surface area (Å²) in [6, 6.07) is 51.9.